The van der Waals surface area contributed by atoms with Gasteiger partial charge in [-0.25, -0.2) is 14.3 Å². The van der Waals surface area contributed by atoms with Gasteiger partial charge in [0.15, 0.2) is 11.3 Å². The van der Waals surface area contributed by atoms with Gasteiger partial charge in [-0.1, -0.05) is 24.3 Å². The number of benzene rings is 2. The smallest absolute Gasteiger partial charge is 0.319 e. The lowest BCUT2D eigenvalue weighted by atomic mass is 9.74. The van der Waals surface area contributed by atoms with Crippen LogP contribution >= 0.6 is 0 Å². The Morgan fingerprint density at radius 2 is 1.77 bits per heavy atom. The summed E-state index contributed by atoms with van der Waals surface area (Å²) in [7, 11) is 1.65. The molecule has 0 saturated carbocycles. The molecule has 0 aliphatic carbocycles. The Balaban J connectivity index is 1.29. The highest BCUT2D eigenvalue weighted by Crippen LogP contribution is 2.35. The number of rotatable bonds is 8. The molecule has 3 amide bonds. The number of urea groups is 1. The quantitative estimate of drug-likeness (QED) is 0.318. The molecule has 10 nitrogen and oxygen atoms in total. The fourth-order valence-electron chi connectivity index (χ4n) is 4.83. The monoisotopic (exact) mass is 528 g/mol. The maximum absolute atomic E-state index is 13.2. The molecule has 39 heavy (non-hydrogen) atoms. The molecule has 5 rings (SSSR count). The first kappa shape index (κ1) is 26.2. The fraction of sp³-hybridized carbons (Fsp3) is 0.310. The molecule has 1 fully saturated rings. The molecular formula is C29H32N6O4. The molecule has 0 atom stereocenters. The predicted octanol–water partition coefficient (Wildman–Crippen LogP) is 4.02. The van der Waals surface area contributed by atoms with Gasteiger partial charge in [0.05, 0.1) is 7.11 Å². The number of nitrogens with zero attached hydrogens (tertiary/aromatic N) is 3. The van der Waals surface area contributed by atoms with Crippen LogP contribution in [-0.2, 0) is 10.2 Å². The highest BCUT2D eigenvalue weighted by Gasteiger charge is 2.35. The summed E-state index contributed by atoms with van der Waals surface area (Å²) in [5, 5.41) is 13.1. The largest absolute Gasteiger partial charge is 0.497 e. The van der Waals surface area contributed by atoms with Gasteiger partial charge in [-0.15, -0.1) is 0 Å². The Morgan fingerprint density at radius 1 is 1.03 bits per heavy atom. The van der Waals surface area contributed by atoms with Gasteiger partial charge in [0.1, 0.15) is 5.75 Å². The number of carbonyl (C=O) groups excluding carboxylic acids is 2. The third-order valence-electron chi connectivity index (χ3n) is 7.10. The van der Waals surface area contributed by atoms with Crippen LogP contribution in [0.25, 0.3) is 16.8 Å². The molecule has 10 heteroatoms. The van der Waals surface area contributed by atoms with Crippen LogP contribution in [0.15, 0.2) is 67.0 Å². The molecule has 3 heterocycles. The standard InChI is InChI=1S/C29H32N6O4/c1-3-30-28(37)33-23-8-4-20(5-9-23)21-17-31-26-16-25(34-35(26)18-21)27(36)32-19-29(12-14-39-15-13-29)22-6-10-24(38-2)11-7-22/h4-11,16-18H,3,12-15,19H2,1-2H3,(H,32,36)(H2,30,33,37). The van der Waals surface area contributed by atoms with E-state index in [-0.39, 0.29) is 17.4 Å². The van der Waals surface area contributed by atoms with Crippen molar-refractivity contribution < 1.29 is 19.1 Å². The fourth-order valence-corrected chi connectivity index (χ4v) is 4.83. The summed E-state index contributed by atoms with van der Waals surface area (Å²) >= 11 is 0. The maximum atomic E-state index is 13.2. The molecule has 2 aromatic heterocycles. The lowest BCUT2D eigenvalue weighted by Crippen LogP contribution is -2.44. The van der Waals surface area contributed by atoms with E-state index in [2.05, 4.69) is 38.2 Å². The van der Waals surface area contributed by atoms with Crippen LogP contribution in [0.3, 0.4) is 0 Å². The summed E-state index contributed by atoms with van der Waals surface area (Å²) in [6.07, 6.45) is 5.20. The van der Waals surface area contributed by atoms with E-state index >= 15 is 0 Å². The molecule has 0 radical (unpaired) electrons. The highest BCUT2D eigenvalue weighted by atomic mass is 16.5. The second-order valence-electron chi connectivity index (χ2n) is 9.54. The lowest BCUT2D eigenvalue weighted by Gasteiger charge is -2.38. The van der Waals surface area contributed by atoms with Crippen molar-refractivity contribution in [1.29, 1.82) is 0 Å². The van der Waals surface area contributed by atoms with E-state index in [4.69, 9.17) is 9.47 Å². The van der Waals surface area contributed by atoms with Crippen molar-refractivity contribution in [3.63, 3.8) is 0 Å². The third kappa shape index (κ3) is 5.85. The number of amides is 3. The molecule has 1 aliphatic rings. The van der Waals surface area contributed by atoms with Gasteiger partial charge >= 0.3 is 6.03 Å². The van der Waals surface area contributed by atoms with E-state index in [9.17, 15) is 9.59 Å². The second kappa shape index (κ2) is 11.5. The minimum Gasteiger partial charge on any atom is -0.497 e. The first-order valence-corrected chi connectivity index (χ1v) is 13.0. The van der Waals surface area contributed by atoms with Crippen LogP contribution < -0.4 is 20.7 Å². The van der Waals surface area contributed by atoms with Crippen molar-refractivity contribution in [3.05, 3.63) is 78.2 Å². The SMILES string of the molecule is CCNC(=O)Nc1ccc(-c2cnc3cc(C(=O)NCC4(c5ccc(OC)cc5)CCOCC4)nn3c2)cc1. The number of aromatic nitrogens is 3. The molecule has 0 spiro atoms. The van der Waals surface area contributed by atoms with Gasteiger partial charge in [-0.05, 0) is 55.2 Å². The number of anilines is 1. The van der Waals surface area contributed by atoms with Gasteiger partial charge < -0.3 is 25.4 Å². The second-order valence-corrected chi connectivity index (χ2v) is 9.54. The van der Waals surface area contributed by atoms with Gasteiger partial charge in [0.25, 0.3) is 5.91 Å². The minimum atomic E-state index is -0.248. The van der Waals surface area contributed by atoms with Gasteiger partial charge in [0, 0.05) is 61.4 Å². The third-order valence-corrected chi connectivity index (χ3v) is 7.10. The Morgan fingerprint density at radius 3 is 2.46 bits per heavy atom. The first-order valence-electron chi connectivity index (χ1n) is 13.0. The van der Waals surface area contributed by atoms with E-state index in [0.29, 0.717) is 43.3 Å². The van der Waals surface area contributed by atoms with Gasteiger partial charge in [0.2, 0.25) is 0 Å². The summed E-state index contributed by atoms with van der Waals surface area (Å²) in [4.78, 5) is 29.4. The van der Waals surface area contributed by atoms with Crippen molar-refractivity contribution in [2.45, 2.75) is 25.2 Å². The lowest BCUT2D eigenvalue weighted by molar-refractivity contribution is 0.0486. The Hall–Kier alpha value is -4.44. The van der Waals surface area contributed by atoms with Crippen LogP contribution in [-0.4, -0.2) is 59.9 Å². The van der Waals surface area contributed by atoms with Gasteiger partial charge in [-0.2, -0.15) is 5.10 Å². The number of hydrogen-bond acceptors (Lipinski definition) is 6. The first-order chi connectivity index (χ1) is 19.0. The Bertz CT molecular complexity index is 1440. The summed E-state index contributed by atoms with van der Waals surface area (Å²) in [6.45, 7) is 4.18. The van der Waals surface area contributed by atoms with Crippen molar-refractivity contribution in [2.75, 3.05) is 38.7 Å². The number of fused-ring (bicyclic) bond motifs is 1. The molecule has 1 aliphatic heterocycles. The van der Waals surface area contributed by atoms with Crippen LogP contribution in [0.2, 0.25) is 0 Å². The molecule has 0 bridgehead atoms. The predicted molar refractivity (Wildman–Crippen MR) is 148 cm³/mol. The summed E-state index contributed by atoms with van der Waals surface area (Å²) in [6, 6.07) is 16.9. The van der Waals surface area contributed by atoms with Crippen LogP contribution in [0.5, 0.6) is 5.75 Å². The highest BCUT2D eigenvalue weighted by molar-refractivity contribution is 5.93. The van der Waals surface area contributed by atoms with E-state index in [1.54, 1.807) is 23.9 Å². The van der Waals surface area contributed by atoms with E-state index in [0.717, 1.165) is 35.3 Å². The molecule has 2 aromatic carbocycles. The zero-order valence-electron chi connectivity index (χ0n) is 22.1. The molecule has 202 valence electrons. The maximum Gasteiger partial charge on any atom is 0.319 e. The zero-order chi connectivity index (χ0) is 27.2. The van der Waals surface area contributed by atoms with Gasteiger partial charge in [-0.3, -0.25) is 4.79 Å². The number of nitrogens with one attached hydrogen (secondary N) is 3. The van der Waals surface area contributed by atoms with Crippen molar-refractivity contribution in [1.82, 2.24) is 25.2 Å². The van der Waals surface area contributed by atoms with Crippen LogP contribution in [0.1, 0.15) is 35.8 Å². The average molecular weight is 529 g/mol. The van der Waals surface area contributed by atoms with Crippen molar-refractivity contribution >= 4 is 23.3 Å². The zero-order valence-corrected chi connectivity index (χ0v) is 22.1. The molecule has 3 N–H and O–H groups in total. The van der Waals surface area contributed by atoms with Crippen molar-refractivity contribution in [3.8, 4) is 16.9 Å². The van der Waals surface area contributed by atoms with Crippen LogP contribution in [0.4, 0.5) is 10.5 Å². The molecule has 0 unspecified atom stereocenters. The molecule has 4 aromatic rings. The Kier molecular flexibility index (Phi) is 7.74. The topological polar surface area (TPSA) is 119 Å². The number of methoxy groups -OCH3 is 1. The van der Waals surface area contributed by atoms with E-state index in [1.165, 1.54) is 0 Å². The van der Waals surface area contributed by atoms with Crippen molar-refractivity contribution in [2.24, 2.45) is 0 Å². The molecular weight excluding hydrogens is 496 g/mol. The summed E-state index contributed by atoms with van der Waals surface area (Å²) in [5.41, 5.74) is 4.25. The summed E-state index contributed by atoms with van der Waals surface area (Å²) < 4.78 is 12.5. The number of ether oxygens (including phenoxy) is 2. The van der Waals surface area contributed by atoms with Crippen LogP contribution in [0, 0.1) is 0 Å². The normalized spacial score (nSPS) is 14.5. The van der Waals surface area contributed by atoms with E-state index < -0.39 is 0 Å². The number of hydrogen-bond donors (Lipinski definition) is 3. The molecule has 1 saturated heterocycles. The number of carbonyl (C=O) groups is 2. The minimum absolute atomic E-state index is 0.219. The van der Waals surface area contributed by atoms with E-state index in [1.807, 2.05) is 49.5 Å². The Labute approximate surface area is 226 Å². The summed E-state index contributed by atoms with van der Waals surface area (Å²) in [5.74, 6) is 0.552. The average Bonchev–Trinajstić information content (AvgIpc) is 3.41.